The fourth-order valence-corrected chi connectivity index (χ4v) is 2.45. The molecule has 0 aliphatic carbocycles. The van der Waals surface area contributed by atoms with Crippen LogP contribution in [0, 0.1) is 0 Å². The second-order valence-corrected chi connectivity index (χ2v) is 5.38. The van der Waals surface area contributed by atoms with Crippen LogP contribution in [-0.4, -0.2) is 36.3 Å². The molecule has 0 unspecified atom stereocenters. The smallest absolute Gasteiger partial charge is 0.223 e. The Morgan fingerprint density at radius 3 is 2.38 bits per heavy atom. The molecule has 1 heterocycles. The lowest BCUT2D eigenvalue weighted by atomic mass is 10.1. The van der Waals surface area contributed by atoms with E-state index in [0.717, 1.165) is 38.1 Å². The molecule has 0 bridgehead atoms. The Balaban J connectivity index is 1.81. The predicted octanol–water partition coefficient (Wildman–Crippen LogP) is 3.06. The van der Waals surface area contributed by atoms with Gasteiger partial charge in [0.1, 0.15) is 5.75 Å². The molecule has 1 saturated heterocycles. The standard InChI is InChI=1S/C17H23NO3/c1-2-13-21-15-7-5-14(6-8-15)16(19)9-10-17(20)18-11-3-4-12-18/h5-8H,2-4,9-13H2,1H3. The Morgan fingerprint density at radius 2 is 1.76 bits per heavy atom. The largest absolute Gasteiger partial charge is 0.494 e. The molecule has 0 aromatic heterocycles. The van der Waals surface area contributed by atoms with E-state index in [1.807, 2.05) is 17.0 Å². The minimum absolute atomic E-state index is 0.0181. The minimum atomic E-state index is 0.0181. The highest BCUT2D eigenvalue weighted by Gasteiger charge is 2.18. The number of nitrogens with zero attached hydrogens (tertiary/aromatic N) is 1. The number of rotatable bonds is 7. The molecule has 21 heavy (non-hydrogen) atoms. The number of ether oxygens (including phenoxy) is 1. The molecule has 0 saturated carbocycles. The summed E-state index contributed by atoms with van der Waals surface area (Å²) in [6, 6.07) is 7.16. The molecule has 1 aliphatic heterocycles. The fourth-order valence-electron chi connectivity index (χ4n) is 2.45. The van der Waals surface area contributed by atoms with Crippen LogP contribution in [0.2, 0.25) is 0 Å². The molecule has 1 aromatic rings. The highest BCUT2D eigenvalue weighted by molar-refractivity contribution is 5.98. The van der Waals surface area contributed by atoms with Crippen molar-refractivity contribution in [3.8, 4) is 5.75 Å². The first-order valence-corrected chi connectivity index (χ1v) is 7.74. The zero-order valence-corrected chi connectivity index (χ0v) is 12.6. The van der Waals surface area contributed by atoms with Crippen molar-refractivity contribution in [1.82, 2.24) is 4.90 Å². The molecule has 1 amide bonds. The highest BCUT2D eigenvalue weighted by Crippen LogP contribution is 2.15. The van der Waals surface area contributed by atoms with E-state index in [1.54, 1.807) is 12.1 Å². The SMILES string of the molecule is CCCOc1ccc(C(=O)CCC(=O)N2CCCC2)cc1. The van der Waals surface area contributed by atoms with Gasteiger partial charge >= 0.3 is 0 Å². The number of likely N-dealkylation sites (tertiary alicyclic amines) is 1. The minimum Gasteiger partial charge on any atom is -0.494 e. The zero-order chi connectivity index (χ0) is 15.1. The summed E-state index contributed by atoms with van der Waals surface area (Å²) in [4.78, 5) is 25.8. The number of carbonyl (C=O) groups is 2. The Labute approximate surface area is 126 Å². The zero-order valence-electron chi connectivity index (χ0n) is 12.6. The maximum absolute atomic E-state index is 12.1. The van der Waals surface area contributed by atoms with Crippen LogP contribution in [0.1, 0.15) is 49.4 Å². The molecule has 1 aliphatic rings. The molecular weight excluding hydrogens is 266 g/mol. The number of Topliss-reactive ketones (excluding diaryl/α,β-unsaturated/α-hetero) is 1. The maximum Gasteiger partial charge on any atom is 0.223 e. The molecular formula is C17H23NO3. The van der Waals surface area contributed by atoms with Crippen LogP contribution in [0.25, 0.3) is 0 Å². The van der Waals surface area contributed by atoms with Crippen LogP contribution in [0.3, 0.4) is 0 Å². The second kappa shape index (κ2) is 7.81. The first-order valence-electron chi connectivity index (χ1n) is 7.74. The van der Waals surface area contributed by atoms with E-state index >= 15 is 0 Å². The summed E-state index contributed by atoms with van der Waals surface area (Å²) in [5, 5.41) is 0. The third-order valence-corrected chi connectivity index (χ3v) is 3.67. The van der Waals surface area contributed by atoms with Crippen LogP contribution in [0.5, 0.6) is 5.75 Å². The van der Waals surface area contributed by atoms with Gasteiger partial charge in [-0.05, 0) is 43.5 Å². The predicted molar refractivity (Wildman–Crippen MR) is 81.6 cm³/mol. The van der Waals surface area contributed by atoms with Crippen LogP contribution < -0.4 is 4.74 Å². The van der Waals surface area contributed by atoms with Crippen LogP contribution in [0.4, 0.5) is 0 Å². The van der Waals surface area contributed by atoms with Crippen molar-refractivity contribution in [1.29, 1.82) is 0 Å². The molecule has 0 radical (unpaired) electrons. The monoisotopic (exact) mass is 289 g/mol. The van der Waals surface area contributed by atoms with Gasteiger partial charge in [-0.1, -0.05) is 6.92 Å². The van der Waals surface area contributed by atoms with Crippen LogP contribution in [0.15, 0.2) is 24.3 Å². The number of amides is 1. The van der Waals surface area contributed by atoms with Crippen molar-refractivity contribution in [2.24, 2.45) is 0 Å². The Hall–Kier alpha value is -1.84. The van der Waals surface area contributed by atoms with Gasteiger partial charge in [-0.2, -0.15) is 0 Å². The molecule has 1 fully saturated rings. The average Bonchev–Trinajstić information content (AvgIpc) is 3.05. The van der Waals surface area contributed by atoms with Gasteiger partial charge in [-0.15, -0.1) is 0 Å². The van der Waals surface area contributed by atoms with Crippen molar-refractivity contribution >= 4 is 11.7 Å². The molecule has 0 atom stereocenters. The lowest BCUT2D eigenvalue weighted by Crippen LogP contribution is -2.27. The summed E-state index contributed by atoms with van der Waals surface area (Å²) in [7, 11) is 0. The quantitative estimate of drug-likeness (QED) is 0.725. The Kier molecular flexibility index (Phi) is 5.78. The molecule has 0 spiro atoms. The van der Waals surface area contributed by atoms with E-state index in [0.29, 0.717) is 18.6 Å². The van der Waals surface area contributed by atoms with Gasteiger partial charge in [0.2, 0.25) is 5.91 Å². The van der Waals surface area contributed by atoms with Crippen molar-refractivity contribution in [3.63, 3.8) is 0 Å². The van der Waals surface area contributed by atoms with E-state index in [4.69, 9.17) is 4.74 Å². The lowest BCUT2D eigenvalue weighted by molar-refractivity contribution is -0.130. The first-order chi connectivity index (χ1) is 10.2. The molecule has 4 heteroatoms. The number of carbonyl (C=O) groups excluding carboxylic acids is 2. The normalized spacial score (nSPS) is 14.2. The van der Waals surface area contributed by atoms with Crippen LogP contribution >= 0.6 is 0 Å². The fraction of sp³-hybridized carbons (Fsp3) is 0.529. The molecule has 2 rings (SSSR count). The molecule has 1 aromatic carbocycles. The van der Waals surface area contributed by atoms with E-state index in [9.17, 15) is 9.59 Å². The van der Waals surface area contributed by atoms with Crippen LogP contribution in [-0.2, 0) is 4.79 Å². The Morgan fingerprint density at radius 1 is 1.10 bits per heavy atom. The van der Waals surface area contributed by atoms with E-state index < -0.39 is 0 Å². The summed E-state index contributed by atoms with van der Waals surface area (Å²) in [5.41, 5.74) is 0.646. The summed E-state index contributed by atoms with van der Waals surface area (Å²) in [5.74, 6) is 0.898. The number of hydrogen-bond donors (Lipinski definition) is 0. The van der Waals surface area contributed by atoms with E-state index in [-0.39, 0.29) is 18.1 Å². The Bertz CT molecular complexity index is 475. The molecule has 0 N–H and O–H groups in total. The third kappa shape index (κ3) is 4.59. The topological polar surface area (TPSA) is 46.6 Å². The van der Waals surface area contributed by atoms with Gasteiger partial charge in [-0.25, -0.2) is 0 Å². The first kappa shape index (κ1) is 15.5. The van der Waals surface area contributed by atoms with E-state index in [2.05, 4.69) is 6.92 Å². The van der Waals surface area contributed by atoms with Gasteiger partial charge < -0.3 is 9.64 Å². The lowest BCUT2D eigenvalue weighted by Gasteiger charge is -2.14. The van der Waals surface area contributed by atoms with Gasteiger partial charge in [0.25, 0.3) is 0 Å². The van der Waals surface area contributed by atoms with E-state index in [1.165, 1.54) is 0 Å². The van der Waals surface area contributed by atoms with Gasteiger partial charge in [0.05, 0.1) is 6.61 Å². The maximum atomic E-state index is 12.1. The van der Waals surface area contributed by atoms with Gasteiger partial charge in [0, 0.05) is 31.5 Å². The average molecular weight is 289 g/mol. The second-order valence-electron chi connectivity index (χ2n) is 5.38. The summed E-state index contributed by atoms with van der Waals surface area (Å²) in [6.07, 6.45) is 3.72. The summed E-state index contributed by atoms with van der Waals surface area (Å²) < 4.78 is 5.48. The van der Waals surface area contributed by atoms with Gasteiger partial charge in [-0.3, -0.25) is 9.59 Å². The number of hydrogen-bond acceptors (Lipinski definition) is 3. The molecule has 4 nitrogen and oxygen atoms in total. The van der Waals surface area contributed by atoms with Crippen molar-refractivity contribution < 1.29 is 14.3 Å². The van der Waals surface area contributed by atoms with Crippen molar-refractivity contribution in [2.75, 3.05) is 19.7 Å². The number of ketones is 1. The number of benzene rings is 1. The third-order valence-electron chi connectivity index (χ3n) is 3.67. The molecule has 114 valence electrons. The van der Waals surface area contributed by atoms with Crippen molar-refractivity contribution in [3.05, 3.63) is 29.8 Å². The highest BCUT2D eigenvalue weighted by atomic mass is 16.5. The van der Waals surface area contributed by atoms with Gasteiger partial charge in [0.15, 0.2) is 5.78 Å². The summed E-state index contributed by atoms with van der Waals surface area (Å²) >= 11 is 0. The summed E-state index contributed by atoms with van der Waals surface area (Å²) in [6.45, 7) is 4.42. The van der Waals surface area contributed by atoms with Crippen molar-refractivity contribution in [2.45, 2.75) is 39.0 Å².